The zero-order valence-electron chi connectivity index (χ0n) is 17.1. The van der Waals surface area contributed by atoms with E-state index in [1.54, 1.807) is 0 Å². The van der Waals surface area contributed by atoms with Gasteiger partial charge in [-0.1, -0.05) is 0 Å². The van der Waals surface area contributed by atoms with Gasteiger partial charge in [0.05, 0.1) is 17.7 Å². The summed E-state index contributed by atoms with van der Waals surface area (Å²) in [7, 11) is 1.23. The quantitative estimate of drug-likeness (QED) is 0.766. The maximum atomic E-state index is 14.1. The van der Waals surface area contributed by atoms with E-state index in [0.29, 0.717) is 19.6 Å². The number of nitrogens with zero attached hydrogens (tertiary/aromatic N) is 5. The molecule has 0 radical (unpaired) electrons. The van der Waals surface area contributed by atoms with E-state index in [2.05, 4.69) is 9.97 Å². The molecule has 30 heavy (non-hydrogen) atoms. The molecule has 0 aromatic carbocycles. The van der Waals surface area contributed by atoms with Crippen LogP contribution in [0, 0.1) is 11.2 Å². The van der Waals surface area contributed by atoms with Gasteiger partial charge >= 0.3 is 6.09 Å². The molecule has 0 unspecified atom stereocenters. The lowest BCUT2D eigenvalue weighted by atomic mass is 9.78. The highest BCUT2D eigenvalue weighted by Crippen LogP contribution is 2.43. The van der Waals surface area contributed by atoms with E-state index >= 15 is 0 Å². The molecule has 1 aliphatic carbocycles. The molecule has 9 nitrogen and oxygen atoms in total. The minimum Gasteiger partial charge on any atom is -0.465 e. The lowest BCUT2D eigenvalue weighted by molar-refractivity contribution is -0.139. The van der Waals surface area contributed by atoms with Gasteiger partial charge in [0, 0.05) is 32.7 Å². The first kappa shape index (κ1) is 20.8. The Morgan fingerprint density at radius 1 is 1.27 bits per heavy atom. The van der Waals surface area contributed by atoms with Crippen LogP contribution in [-0.2, 0) is 4.79 Å². The third kappa shape index (κ3) is 3.68. The minimum absolute atomic E-state index is 0.151. The average molecular weight is 421 g/mol. The number of likely N-dealkylation sites (tertiary alicyclic amines) is 1. The first-order valence-corrected chi connectivity index (χ1v) is 10.5. The molecule has 1 atom stereocenters. The lowest BCUT2D eigenvalue weighted by Gasteiger charge is -2.40. The number of carboxylic acid groups (broad SMARTS) is 1. The van der Waals surface area contributed by atoms with Gasteiger partial charge in [-0.25, -0.2) is 14.2 Å². The highest BCUT2D eigenvalue weighted by atomic mass is 19.1. The van der Waals surface area contributed by atoms with Gasteiger partial charge in [0.15, 0.2) is 11.6 Å². The Labute approximate surface area is 174 Å². The molecule has 1 aromatic heterocycles. The van der Waals surface area contributed by atoms with Gasteiger partial charge in [-0.3, -0.25) is 9.69 Å². The fraction of sp³-hybridized carbons (Fsp3) is 0.700. The van der Waals surface area contributed by atoms with Gasteiger partial charge in [0.25, 0.3) is 0 Å². The van der Waals surface area contributed by atoms with Crippen LogP contribution >= 0.6 is 0 Å². The van der Waals surface area contributed by atoms with E-state index in [1.165, 1.54) is 7.05 Å². The number of hydrogen-bond acceptors (Lipinski definition) is 6. The first-order valence-electron chi connectivity index (χ1n) is 10.5. The van der Waals surface area contributed by atoms with Gasteiger partial charge in [-0.15, -0.1) is 0 Å². The molecule has 2 amide bonds. The molecule has 4 rings (SSSR count). The van der Waals surface area contributed by atoms with Crippen molar-refractivity contribution < 1.29 is 24.2 Å². The van der Waals surface area contributed by atoms with E-state index < -0.39 is 17.3 Å². The second-order valence-electron chi connectivity index (χ2n) is 8.70. The Morgan fingerprint density at radius 2 is 2.00 bits per heavy atom. The molecule has 2 N–H and O–H groups in total. The number of rotatable bonds is 3. The van der Waals surface area contributed by atoms with Gasteiger partial charge in [-0.05, 0) is 44.9 Å². The SMILES string of the molecule is CN(C(=O)O)c1nc(N2CCC[C@]3(CCN([C@H]4CC[C@H](O)CC4)C3=O)C2)ncc1F. The Hall–Kier alpha value is -2.49. The molecule has 3 aliphatic rings. The van der Waals surface area contributed by atoms with E-state index in [1.807, 2.05) is 9.80 Å². The highest BCUT2D eigenvalue weighted by molar-refractivity contribution is 5.86. The van der Waals surface area contributed by atoms with Crippen molar-refractivity contribution in [3.8, 4) is 0 Å². The predicted octanol–water partition coefficient (Wildman–Crippen LogP) is 1.85. The number of anilines is 2. The minimum atomic E-state index is -1.31. The van der Waals surface area contributed by atoms with Crippen LogP contribution in [0.15, 0.2) is 6.20 Å². The zero-order chi connectivity index (χ0) is 21.5. The van der Waals surface area contributed by atoms with Crippen molar-refractivity contribution in [3.05, 3.63) is 12.0 Å². The Bertz CT molecular complexity index is 831. The standard InChI is InChI=1S/C20H28FN5O4/c1-24(19(29)30)16-15(21)11-22-18(23-16)25-9-2-7-20(12-25)8-10-26(17(20)28)13-3-5-14(27)6-4-13/h11,13-14,27H,2-10,12H2,1H3,(H,29,30)/t13-,14-,20-/m0/s1. The van der Waals surface area contributed by atoms with Crippen molar-refractivity contribution in [3.63, 3.8) is 0 Å². The number of halogens is 1. The number of carbonyl (C=O) groups is 2. The number of carbonyl (C=O) groups excluding carboxylic acids is 1. The maximum Gasteiger partial charge on any atom is 0.412 e. The second kappa shape index (κ2) is 7.98. The number of aromatic nitrogens is 2. The Morgan fingerprint density at radius 3 is 2.70 bits per heavy atom. The van der Waals surface area contributed by atoms with Crippen molar-refractivity contribution in [1.82, 2.24) is 14.9 Å². The Kier molecular flexibility index (Phi) is 5.52. The van der Waals surface area contributed by atoms with Crippen LogP contribution in [0.25, 0.3) is 0 Å². The third-order valence-corrected chi connectivity index (χ3v) is 6.83. The topological polar surface area (TPSA) is 110 Å². The van der Waals surface area contributed by atoms with Gasteiger partial charge in [0.2, 0.25) is 11.9 Å². The molecule has 2 saturated heterocycles. The summed E-state index contributed by atoms with van der Waals surface area (Å²) >= 11 is 0. The predicted molar refractivity (Wildman–Crippen MR) is 107 cm³/mol. The fourth-order valence-corrected chi connectivity index (χ4v) is 5.07. The van der Waals surface area contributed by atoms with Crippen molar-refractivity contribution in [1.29, 1.82) is 0 Å². The number of piperidine rings is 1. The summed E-state index contributed by atoms with van der Waals surface area (Å²) in [5.41, 5.74) is -0.509. The zero-order valence-corrected chi connectivity index (χ0v) is 17.1. The summed E-state index contributed by atoms with van der Waals surface area (Å²) in [5.74, 6) is -0.713. The number of amides is 2. The summed E-state index contributed by atoms with van der Waals surface area (Å²) in [6.07, 6.45) is 4.87. The largest absolute Gasteiger partial charge is 0.465 e. The molecule has 1 aromatic rings. The summed E-state index contributed by atoms with van der Waals surface area (Å²) in [6.45, 7) is 1.79. The Balaban J connectivity index is 1.52. The van der Waals surface area contributed by atoms with Gasteiger partial charge < -0.3 is 20.0 Å². The second-order valence-corrected chi connectivity index (χ2v) is 8.70. The molecular formula is C20H28FN5O4. The van der Waals surface area contributed by atoms with Crippen LogP contribution in [-0.4, -0.2) is 75.9 Å². The molecule has 10 heteroatoms. The van der Waals surface area contributed by atoms with Crippen LogP contribution in [0.4, 0.5) is 21.0 Å². The normalized spacial score (nSPS) is 29.5. The molecule has 0 bridgehead atoms. The van der Waals surface area contributed by atoms with Gasteiger partial charge in [-0.2, -0.15) is 4.98 Å². The van der Waals surface area contributed by atoms with E-state index in [-0.39, 0.29) is 29.8 Å². The van der Waals surface area contributed by atoms with E-state index in [4.69, 9.17) is 5.11 Å². The van der Waals surface area contributed by atoms with Crippen molar-refractivity contribution >= 4 is 23.8 Å². The molecule has 2 aliphatic heterocycles. The lowest BCUT2D eigenvalue weighted by Crippen LogP contribution is -2.50. The van der Waals surface area contributed by atoms with Crippen LogP contribution in [0.1, 0.15) is 44.9 Å². The number of aliphatic hydroxyl groups excluding tert-OH is 1. The van der Waals surface area contributed by atoms with Crippen LogP contribution in [0.2, 0.25) is 0 Å². The number of hydrogen-bond donors (Lipinski definition) is 2. The van der Waals surface area contributed by atoms with Crippen LogP contribution in [0.3, 0.4) is 0 Å². The van der Waals surface area contributed by atoms with Gasteiger partial charge in [0.1, 0.15) is 0 Å². The molecular weight excluding hydrogens is 393 g/mol. The number of aliphatic hydroxyl groups is 1. The third-order valence-electron chi connectivity index (χ3n) is 6.83. The summed E-state index contributed by atoms with van der Waals surface area (Å²) in [5, 5.41) is 18.9. The molecule has 1 spiro atoms. The first-order chi connectivity index (χ1) is 14.3. The van der Waals surface area contributed by atoms with Crippen molar-refractivity contribution in [2.75, 3.05) is 36.5 Å². The summed E-state index contributed by atoms with van der Waals surface area (Å²) < 4.78 is 14.1. The molecule has 1 saturated carbocycles. The smallest absolute Gasteiger partial charge is 0.412 e. The average Bonchev–Trinajstić information content (AvgIpc) is 3.04. The highest BCUT2D eigenvalue weighted by Gasteiger charge is 2.51. The molecule has 164 valence electrons. The van der Waals surface area contributed by atoms with Crippen LogP contribution < -0.4 is 9.80 Å². The fourth-order valence-electron chi connectivity index (χ4n) is 5.07. The monoisotopic (exact) mass is 421 g/mol. The maximum absolute atomic E-state index is 14.1. The van der Waals surface area contributed by atoms with Crippen LogP contribution in [0.5, 0.6) is 0 Å². The van der Waals surface area contributed by atoms with E-state index in [9.17, 15) is 19.1 Å². The van der Waals surface area contributed by atoms with Crippen molar-refractivity contribution in [2.45, 2.75) is 57.1 Å². The molecule has 3 fully saturated rings. The summed E-state index contributed by atoms with van der Waals surface area (Å²) in [6, 6.07) is 0.188. The molecule has 3 heterocycles. The summed E-state index contributed by atoms with van der Waals surface area (Å²) in [4.78, 5) is 37.4. The van der Waals surface area contributed by atoms with Crippen molar-refractivity contribution in [2.24, 2.45) is 5.41 Å². The van der Waals surface area contributed by atoms with E-state index in [0.717, 1.165) is 56.0 Å².